The Hall–Kier alpha value is -6.09. The van der Waals surface area contributed by atoms with E-state index in [-0.39, 0.29) is 30.2 Å². The molecule has 15 heteroatoms. The van der Waals surface area contributed by atoms with E-state index < -0.39 is 41.6 Å². The number of nitrogens with one attached hydrogen (secondary N) is 1. The minimum atomic E-state index is -4.82. The van der Waals surface area contributed by atoms with Gasteiger partial charge in [-0.1, -0.05) is 12.8 Å². The zero-order valence-electron chi connectivity index (χ0n) is 26.7. The van der Waals surface area contributed by atoms with Crippen molar-refractivity contribution in [3.05, 3.63) is 71.1 Å². The van der Waals surface area contributed by atoms with E-state index in [0.29, 0.717) is 45.1 Å². The molecule has 0 aliphatic carbocycles. The van der Waals surface area contributed by atoms with E-state index in [9.17, 15) is 32.8 Å². The van der Waals surface area contributed by atoms with Crippen molar-refractivity contribution in [3.8, 4) is 29.7 Å². The highest BCUT2D eigenvalue weighted by Gasteiger charge is 2.45. The van der Waals surface area contributed by atoms with Gasteiger partial charge in [-0.15, -0.1) is 6.42 Å². The second kappa shape index (κ2) is 12.2. The Morgan fingerprint density at radius 2 is 1.90 bits per heavy atom. The van der Waals surface area contributed by atoms with E-state index in [1.165, 1.54) is 11.8 Å². The van der Waals surface area contributed by atoms with Gasteiger partial charge in [-0.25, -0.2) is 14.5 Å². The number of nitriles is 1. The largest absolute Gasteiger partial charge is 0.433 e. The summed E-state index contributed by atoms with van der Waals surface area (Å²) in [6, 6.07) is 4.85. The highest BCUT2D eigenvalue weighted by Crippen LogP contribution is 2.34. The van der Waals surface area contributed by atoms with Crippen LogP contribution in [0, 0.1) is 43.4 Å². The summed E-state index contributed by atoms with van der Waals surface area (Å²) in [6.07, 6.45) is 6.09. The average Bonchev–Trinajstić information content (AvgIpc) is 3.71. The van der Waals surface area contributed by atoms with Crippen LogP contribution in [0.15, 0.2) is 42.9 Å². The molecule has 0 radical (unpaired) electrons. The van der Waals surface area contributed by atoms with Crippen molar-refractivity contribution in [2.24, 2.45) is 5.92 Å². The summed E-state index contributed by atoms with van der Waals surface area (Å²) in [7, 11) is 0. The lowest BCUT2D eigenvalue weighted by Gasteiger charge is -2.28. The van der Waals surface area contributed by atoms with Gasteiger partial charge < -0.3 is 14.8 Å². The Morgan fingerprint density at radius 3 is 2.57 bits per heavy atom. The minimum Gasteiger partial charge on any atom is -0.336 e. The maximum absolute atomic E-state index is 14.0. The number of halogens is 3. The molecule has 2 amide bonds. The van der Waals surface area contributed by atoms with Crippen molar-refractivity contribution in [1.82, 2.24) is 34.0 Å². The highest BCUT2D eigenvalue weighted by molar-refractivity contribution is 6.08. The van der Waals surface area contributed by atoms with Crippen molar-refractivity contribution in [2.75, 3.05) is 5.32 Å². The molecule has 5 aromatic rings. The number of terminal acetylenes is 1. The van der Waals surface area contributed by atoms with Crippen molar-refractivity contribution < 1.29 is 27.6 Å². The van der Waals surface area contributed by atoms with Gasteiger partial charge in [0.15, 0.2) is 17.2 Å². The maximum Gasteiger partial charge on any atom is 0.433 e. The van der Waals surface area contributed by atoms with Gasteiger partial charge >= 0.3 is 6.18 Å². The molecule has 248 valence electrons. The molecule has 0 spiro atoms. The molecular formula is C34H28F3N9O3. The van der Waals surface area contributed by atoms with Crippen molar-refractivity contribution >= 4 is 40.0 Å². The van der Waals surface area contributed by atoms with E-state index in [4.69, 9.17) is 11.4 Å². The number of pyridine rings is 2. The summed E-state index contributed by atoms with van der Waals surface area (Å²) in [4.78, 5) is 54.3. The number of ketones is 1. The predicted molar refractivity (Wildman–Crippen MR) is 171 cm³/mol. The number of likely N-dealkylation sites (tertiary alicyclic amines) is 1. The highest BCUT2D eigenvalue weighted by atomic mass is 19.4. The molecule has 49 heavy (non-hydrogen) atoms. The van der Waals surface area contributed by atoms with Crippen LogP contribution in [0.25, 0.3) is 27.8 Å². The Labute approximate surface area is 277 Å². The number of aryl methyl sites for hydroxylation is 2. The van der Waals surface area contributed by atoms with E-state index in [1.54, 1.807) is 53.7 Å². The Bertz CT molecular complexity index is 2280. The first-order chi connectivity index (χ1) is 23.2. The SMILES string of the molecule is C#C[C@@H]1[C@@H](C)C[C@@H](C(=O)Nc2nc(C(F)(F)F)ccc2C#N)N1C(=O)Cn1cc(C(C)=O)c2cc(-c3cnc4cc(C)nn4c3)nc(C)c21. The number of nitrogens with zero attached hydrogens (tertiary/aromatic N) is 8. The van der Waals surface area contributed by atoms with Crippen molar-refractivity contribution in [3.63, 3.8) is 0 Å². The number of hydrogen-bond donors (Lipinski definition) is 1. The van der Waals surface area contributed by atoms with Gasteiger partial charge in [-0.3, -0.25) is 19.4 Å². The molecule has 1 aliphatic heterocycles. The van der Waals surface area contributed by atoms with Gasteiger partial charge in [0, 0.05) is 41.2 Å². The summed E-state index contributed by atoms with van der Waals surface area (Å²) in [5.74, 6) is -0.0259. The summed E-state index contributed by atoms with van der Waals surface area (Å²) >= 11 is 0. The van der Waals surface area contributed by atoms with E-state index >= 15 is 0 Å². The molecule has 3 atom stereocenters. The van der Waals surface area contributed by atoms with Crippen LogP contribution in [0.4, 0.5) is 19.0 Å². The van der Waals surface area contributed by atoms with Crippen LogP contribution in [0.5, 0.6) is 0 Å². The van der Waals surface area contributed by atoms with Crippen LogP contribution < -0.4 is 5.32 Å². The monoisotopic (exact) mass is 667 g/mol. The summed E-state index contributed by atoms with van der Waals surface area (Å²) in [5.41, 5.74) is 2.45. The van der Waals surface area contributed by atoms with Gasteiger partial charge in [0.05, 0.1) is 34.2 Å². The van der Waals surface area contributed by atoms with Crippen LogP contribution in [-0.4, -0.2) is 63.7 Å². The van der Waals surface area contributed by atoms with Crippen LogP contribution in [0.2, 0.25) is 0 Å². The second-order valence-electron chi connectivity index (χ2n) is 12.0. The molecule has 0 aromatic carbocycles. The van der Waals surface area contributed by atoms with Crippen molar-refractivity contribution in [1.29, 1.82) is 5.26 Å². The topological polar surface area (TPSA) is 151 Å². The first-order valence-corrected chi connectivity index (χ1v) is 15.1. The van der Waals surface area contributed by atoms with E-state index in [0.717, 1.165) is 11.8 Å². The molecule has 1 fully saturated rings. The molecule has 1 saturated heterocycles. The number of Topliss-reactive ketones (excluding diaryl/α,β-unsaturated/α-hetero) is 1. The number of fused-ring (bicyclic) bond motifs is 2. The van der Waals surface area contributed by atoms with Gasteiger partial charge in [0.1, 0.15) is 24.3 Å². The first-order valence-electron chi connectivity index (χ1n) is 15.1. The summed E-state index contributed by atoms with van der Waals surface area (Å²) in [6.45, 7) is 6.43. The predicted octanol–water partition coefficient (Wildman–Crippen LogP) is 4.73. The van der Waals surface area contributed by atoms with Crippen LogP contribution >= 0.6 is 0 Å². The summed E-state index contributed by atoms with van der Waals surface area (Å²) in [5, 5.41) is 16.7. The molecular weight excluding hydrogens is 639 g/mol. The standard InChI is InChI=1S/C34H28F3N9O3/c1-6-26-17(2)9-27(33(49)42-32-21(12-38)7-8-28(41-32)34(35,36)37)46(26)30(48)16-44-15-24(20(5)47)23-11-25(40-19(4)31(23)44)22-13-39-29-10-18(3)43-45(29)14-22/h1,7-8,10-11,13-15,17,26-27H,9,16H2,2-5H3,(H,41,42,49)/t17-,26+,27-/m0/s1. The lowest BCUT2D eigenvalue weighted by atomic mass is 10.0. The normalized spacial score (nSPS) is 17.7. The number of alkyl halides is 3. The number of amides is 2. The fourth-order valence-electron chi connectivity index (χ4n) is 6.30. The Morgan fingerprint density at radius 1 is 1.14 bits per heavy atom. The van der Waals surface area contributed by atoms with Gasteiger partial charge in [0.2, 0.25) is 11.8 Å². The van der Waals surface area contributed by atoms with Crippen LogP contribution in [0.1, 0.15) is 53.3 Å². The Balaban J connectivity index is 1.34. The molecule has 12 nitrogen and oxygen atoms in total. The molecule has 1 N–H and O–H groups in total. The molecule has 6 heterocycles. The lowest BCUT2D eigenvalue weighted by molar-refractivity contribution is -0.141. The fraction of sp³-hybridized carbons (Fsp3) is 0.294. The van der Waals surface area contributed by atoms with E-state index in [1.807, 2.05) is 13.0 Å². The third-order valence-electron chi connectivity index (χ3n) is 8.52. The van der Waals surface area contributed by atoms with Crippen LogP contribution in [0.3, 0.4) is 0 Å². The molecule has 0 unspecified atom stereocenters. The second-order valence-corrected chi connectivity index (χ2v) is 12.0. The number of rotatable bonds is 6. The number of carbonyl (C=O) groups is 3. The molecule has 6 rings (SSSR count). The lowest BCUT2D eigenvalue weighted by Crippen LogP contribution is -2.48. The zero-order chi connectivity index (χ0) is 35.4. The quantitative estimate of drug-likeness (QED) is 0.202. The number of carbonyl (C=O) groups excluding carboxylic acids is 3. The van der Waals surface area contributed by atoms with Gasteiger partial charge in [-0.05, 0) is 51.3 Å². The zero-order valence-corrected chi connectivity index (χ0v) is 26.7. The number of anilines is 1. The van der Waals surface area contributed by atoms with Gasteiger partial charge in [0.25, 0.3) is 0 Å². The summed E-state index contributed by atoms with van der Waals surface area (Å²) < 4.78 is 43.3. The van der Waals surface area contributed by atoms with Crippen LogP contribution in [-0.2, 0) is 22.3 Å². The third kappa shape index (κ3) is 5.95. The average molecular weight is 668 g/mol. The molecule has 0 bridgehead atoms. The van der Waals surface area contributed by atoms with Gasteiger partial charge in [-0.2, -0.15) is 23.5 Å². The Kier molecular flexibility index (Phi) is 8.16. The number of hydrogen-bond acceptors (Lipinski definition) is 8. The third-order valence-corrected chi connectivity index (χ3v) is 8.52. The van der Waals surface area contributed by atoms with Crippen molar-refractivity contribution in [2.45, 2.75) is 58.9 Å². The molecule has 0 saturated carbocycles. The fourth-order valence-corrected chi connectivity index (χ4v) is 6.30. The first kappa shape index (κ1) is 32.8. The molecule has 5 aromatic heterocycles. The number of aromatic nitrogens is 6. The maximum atomic E-state index is 14.0. The van der Waals surface area contributed by atoms with E-state index in [2.05, 4.69) is 26.3 Å². The molecule has 1 aliphatic rings. The minimum absolute atomic E-state index is 0.108. The smallest absolute Gasteiger partial charge is 0.336 e.